The number of benzene rings is 1. The molecule has 40 heavy (non-hydrogen) atoms. The van der Waals surface area contributed by atoms with Crippen LogP contribution in [0.25, 0.3) is 17.0 Å². The van der Waals surface area contributed by atoms with Crippen LogP contribution in [0.4, 0.5) is 22.0 Å². The maximum absolute atomic E-state index is 13.9. The van der Waals surface area contributed by atoms with Crippen molar-refractivity contribution in [3.63, 3.8) is 0 Å². The van der Waals surface area contributed by atoms with Gasteiger partial charge in [-0.2, -0.15) is 13.2 Å². The van der Waals surface area contributed by atoms with Crippen molar-refractivity contribution in [1.82, 2.24) is 29.2 Å². The SMILES string of the molecule is Cc1nc(Cn2cnc(-c3nc(C(=O)NCc4ccc(F)cc4F)c4ccccn34)c2)cs1.O=C(O)C(F)(F)F. The predicted octanol–water partition coefficient (Wildman–Crippen LogP) is 4.85. The highest BCUT2D eigenvalue weighted by Crippen LogP contribution is 2.22. The zero-order chi connectivity index (χ0) is 29.0. The highest BCUT2D eigenvalue weighted by Gasteiger charge is 2.38. The van der Waals surface area contributed by atoms with E-state index >= 15 is 0 Å². The van der Waals surface area contributed by atoms with Gasteiger partial charge in [-0.25, -0.2) is 28.5 Å². The fraction of sp³-hybridized carbons (Fsp3) is 0.160. The molecule has 5 aromatic rings. The molecular formula is C25H19F5N6O3S. The van der Waals surface area contributed by atoms with Gasteiger partial charge >= 0.3 is 12.1 Å². The van der Waals surface area contributed by atoms with E-state index in [-0.39, 0.29) is 17.8 Å². The van der Waals surface area contributed by atoms with E-state index in [1.54, 1.807) is 40.4 Å². The van der Waals surface area contributed by atoms with Crippen LogP contribution in [0.15, 0.2) is 60.5 Å². The van der Waals surface area contributed by atoms with Crippen LogP contribution < -0.4 is 5.32 Å². The molecule has 5 rings (SSSR count). The number of carboxylic acid groups (broad SMARTS) is 1. The molecule has 15 heteroatoms. The van der Waals surface area contributed by atoms with Crippen molar-refractivity contribution in [1.29, 1.82) is 0 Å². The summed E-state index contributed by atoms with van der Waals surface area (Å²) in [5.41, 5.74) is 2.52. The number of amides is 1. The number of hydrogen-bond acceptors (Lipinski definition) is 6. The highest BCUT2D eigenvalue weighted by atomic mass is 32.1. The van der Waals surface area contributed by atoms with E-state index in [2.05, 4.69) is 20.3 Å². The lowest BCUT2D eigenvalue weighted by Gasteiger charge is -2.05. The Balaban J connectivity index is 0.000000470. The van der Waals surface area contributed by atoms with Gasteiger partial charge in [-0.1, -0.05) is 12.1 Å². The molecule has 1 aromatic carbocycles. The Morgan fingerprint density at radius 3 is 2.52 bits per heavy atom. The minimum absolute atomic E-state index is 0.0895. The number of aryl methyl sites for hydroxylation is 1. The van der Waals surface area contributed by atoms with E-state index in [0.717, 1.165) is 22.8 Å². The van der Waals surface area contributed by atoms with Crippen molar-refractivity contribution in [2.75, 3.05) is 0 Å². The number of fused-ring (bicyclic) bond motifs is 1. The molecule has 4 heterocycles. The maximum atomic E-state index is 13.9. The number of aromatic nitrogens is 5. The molecule has 0 spiro atoms. The van der Waals surface area contributed by atoms with E-state index in [9.17, 15) is 26.7 Å². The van der Waals surface area contributed by atoms with Crippen LogP contribution in [0.1, 0.15) is 26.8 Å². The second-order valence-corrected chi connectivity index (χ2v) is 9.31. The van der Waals surface area contributed by atoms with Crippen LogP contribution in [-0.2, 0) is 17.9 Å². The zero-order valence-electron chi connectivity index (χ0n) is 20.5. The first-order valence-corrected chi connectivity index (χ1v) is 12.2. The molecule has 0 unspecified atom stereocenters. The summed E-state index contributed by atoms with van der Waals surface area (Å²) in [6, 6.07) is 8.66. The number of pyridine rings is 1. The molecule has 4 aromatic heterocycles. The summed E-state index contributed by atoms with van der Waals surface area (Å²) in [7, 11) is 0. The van der Waals surface area contributed by atoms with Gasteiger partial charge in [0.05, 0.1) is 29.1 Å². The molecule has 1 amide bonds. The molecule has 0 aliphatic heterocycles. The van der Waals surface area contributed by atoms with E-state index in [0.29, 0.717) is 23.6 Å². The largest absolute Gasteiger partial charge is 0.490 e. The van der Waals surface area contributed by atoms with Gasteiger partial charge in [0.2, 0.25) is 0 Å². The number of carbonyl (C=O) groups excluding carboxylic acids is 1. The third-order valence-electron chi connectivity index (χ3n) is 5.33. The second-order valence-electron chi connectivity index (χ2n) is 8.25. The van der Waals surface area contributed by atoms with Crippen LogP contribution in [0.5, 0.6) is 0 Å². The van der Waals surface area contributed by atoms with Gasteiger partial charge in [-0.15, -0.1) is 11.3 Å². The minimum Gasteiger partial charge on any atom is -0.475 e. The van der Waals surface area contributed by atoms with E-state index in [1.165, 1.54) is 6.07 Å². The smallest absolute Gasteiger partial charge is 0.475 e. The number of carbonyl (C=O) groups is 2. The summed E-state index contributed by atoms with van der Waals surface area (Å²) in [6.07, 6.45) is 0.272. The van der Waals surface area contributed by atoms with Gasteiger partial charge in [0.1, 0.15) is 17.3 Å². The molecule has 0 saturated carbocycles. The lowest BCUT2D eigenvalue weighted by atomic mass is 10.2. The van der Waals surface area contributed by atoms with E-state index < -0.39 is 29.7 Å². The standard InChI is InChI=1S/C23H18F2N6OS.C2HF3O2/c1-14-28-17(12-33-14)10-30-11-19(27-13-30)22-29-21(20-4-2-3-7-31(20)22)23(32)26-9-15-5-6-16(24)8-18(15)25;3-2(4,5)1(6)7/h2-8,11-13H,9-10H2,1H3,(H,26,32);(H,6,7). The number of alkyl halides is 3. The number of carboxylic acids is 1. The Morgan fingerprint density at radius 2 is 1.88 bits per heavy atom. The molecule has 2 N–H and O–H groups in total. The third kappa shape index (κ3) is 6.66. The lowest BCUT2D eigenvalue weighted by Crippen LogP contribution is -2.24. The number of rotatable bonds is 6. The first-order chi connectivity index (χ1) is 18.9. The topological polar surface area (TPSA) is 114 Å². The molecule has 0 atom stereocenters. The average Bonchev–Trinajstić information content (AvgIpc) is 3.62. The summed E-state index contributed by atoms with van der Waals surface area (Å²) >= 11 is 1.59. The molecule has 9 nitrogen and oxygen atoms in total. The molecule has 0 saturated heterocycles. The molecule has 0 aliphatic carbocycles. The van der Waals surface area contributed by atoms with Crippen molar-refractivity contribution in [2.24, 2.45) is 0 Å². The molecular weight excluding hydrogens is 559 g/mol. The number of nitrogens with zero attached hydrogens (tertiary/aromatic N) is 5. The number of nitrogens with one attached hydrogen (secondary N) is 1. The fourth-order valence-corrected chi connectivity index (χ4v) is 4.14. The lowest BCUT2D eigenvalue weighted by molar-refractivity contribution is -0.192. The predicted molar refractivity (Wildman–Crippen MR) is 134 cm³/mol. The van der Waals surface area contributed by atoms with Crippen molar-refractivity contribution >= 4 is 28.7 Å². The summed E-state index contributed by atoms with van der Waals surface area (Å²) < 4.78 is 62.5. The summed E-state index contributed by atoms with van der Waals surface area (Å²) in [4.78, 5) is 35.3. The molecule has 0 radical (unpaired) electrons. The normalized spacial score (nSPS) is 11.2. The third-order valence-corrected chi connectivity index (χ3v) is 6.16. The Bertz CT molecular complexity index is 1680. The molecule has 208 valence electrons. The van der Waals surface area contributed by atoms with Crippen LogP contribution >= 0.6 is 11.3 Å². The number of halogens is 5. The first-order valence-electron chi connectivity index (χ1n) is 11.3. The molecule has 0 aliphatic rings. The number of aliphatic carboxylic acids is 1. The van der Waals surface area contributed by atoms with Crippen LogP contribution in [0.3, 0.4) is 0 Å². The number of hydrogen-bond donors (Lipinski definition) is 2. The number of thiazole rings is 1. The summed E-state index contributed by atoms with van der Waals surface area (Å²) in [5, 5.41) is 12.8. The van der Waals surface area contributed by atoms with Crippen LogP contribution in [0, 0.1) is 18.6 Å². The van der Waals surface area contributed by atoms with E-state index in [1.807, 2.05) is 29.1 Å². The monoisotopic (exact) mass is 578 g/mol. The minimum atomic E-state index is -5.08. The molecule has 0 bridgehead atoms. The first kappa shape index (κ1) is 28.4. The van der Waals surface area contributed by atoms with E-state index in [4.69, 9.17) is 9.90 Å². The molecule has 0 fully saturated rings. The summed E-state index contributed by atoms with van der Waals surface area (Å²) in [5.74, 6) is -4.10. The van der Waals surface area contributed by atoms with Crippen LogP contribution in [-0.4, -0.2) is 47.1 Å². The highest BCUT2D eigenvalue weighted by molar-refractivity contribution is 7.09. The van der Waals surface area contributed by atoms with Gasteiger partial charge < -0.3 is 15.0 Å². The Morgan fingerprint density at radius 1 is 1.12 bits per heavy atom. The Hall–Kier alpha value is -4.66. The van der Waals surface area contributed by atoms with Crippen LogP contribution in [0.2, 0.25) is 0 Å². The Labute approximate surface area is 226 Å². The van der Waals surface area contributed by atoms with Crippen molar-refractivity contribution in [2.45, 2.75) is 26.2 Å². The van der Waals surface area contributed by atoms with Crippen molar-refractivity contribution < 1.29 is 36.6 Å². The zero-order valence-corrected chi connectivity index (χ0v) is 21.3. The van der Waals surface area contributed by atoms with Gasteiger partial charge in [0, 0.05) is 35.9 Å². The Kier molecular flexibility index (Phi) is 8.23. The average molecular weight is 579 g/mol. The van der Waals surface area contributed by atoms with Gasteiger partial charge in [0.15, 0.2) is 11.5 Å². The summed E-state index contributed by atoms with van der Waals surface area (Å²) in [6.45, 7) is 2.45. The number of imidazole rings is 2. The quantitative estimate of drug-likeness (QED) is 0.279. The second kappa shape index (κ2) is 11.6. The van der Waals surface area contributed by atoms with Crippen molar-refractivity contribution in [3.05, 3.63) is 94.1 Å². The maximum Gasteiger partial charge on any atom is 0.490 e. The fourth-order valence-electron chi connectivity index (χ4n) is 3.54. The van der Waals surface area contributed by atoms with Gasteiger partial charge in [0.25, 0.3) is 5.91 Å². The van der Waals surface area contributed by atoms with Gasteiger partial charge in [-0.05, 0) is 25.1 Å². The van der Waals surface area contributed by atoms with Gasteiger partial charge in [-0.3, -0.25) is 9.20 Å². The van der Waals surface area contributed by atoms with Crippen molar-refractivity contribution in [3.8, 4) is 11.5 Å².